The Bertz CT molecular complexity index is 1510. The van der Waals surface area contributed by atoms with Crippen molar-refractivity contribution in [3.8, 4) is 0 Å². The molecule has 0 saturated carbocycles. The van der Waals surface area contributed by atoms with Gasteiger partial charge in [-0.05, 0) is 51.6 Å². The van der Waals surface area contributed by atoms with Crippen LogP contribution >= 0.6 is 0 Å². The molecule has 80 heavy (non-hydrogen) atoms. The predicted octanol–water partition coefficient (Wildman–Crippen LogP) is 13.9. The molecule has 5 atom stereocenters. The molecule has 0 aromatic carbocycles. The zero-order valence-electron chi connectivity index (χ0n) is 52.0. The van der Waals surface area contributed by atoms with Gasteiger partial charge in [-0.2, -0.15) is 0 Å². The summed E-state index contributed by atoms with van der Waals surface area (Å²) in [6.07, 6.45) is 33.1. The van der Waals surface area contributed by atoms with E-state index in [2.05, 4.69) is 30.6 Å². The summed E-state index contributed by atoms with van der Waals surface area (Å²) < 4.78 is 46.3. The van der Waals surface area contributed by atoms with Gasteiger partial charge in [-0.15, -0.1) is 0 Å². The van der Waals surface area contributed by atoms with Gasteiger partial charge in [-0.3, -0.25) is 28.8 Å². The molecule has 0 spiro atoms. The molecule has 1 heterocycles. The first kappa shape index (κ1) is 74.7. The second kappa shape index (κ2) is 52.5. The van der Waals surface area contributed by atoms with Crippen molar-refractivity contribution in [2.75, 3.05) is 65.7 Å². The molecule has 468 valence electrons. The quantitative estimate of drug-likeness (QED) is 0.0318. The number of carbonyl (C=O) groups is 6. The molecule has 1 rings (SSSR count). The van der Waals surface area contributed by atoms with E-state index in [0.29, 0.717) is 78.4 Å². The second-order valence-corrected chi connectivity index (χ2v) is 22.4. The zero-order chi connectivity index (χ0) is 58.7. The third-order valence-electron chi connectivity index (χ3n) is 14.9. The minimum atomic E-state index is -1.20. The molecule has 0 N–H and O–H groups in total. The average Bonchev–Trinajstić information content (AvgIpc) is 3.44. The van der Waals surface area contributed by atoms with Gasteiger partial charge in [0, 0.05) is 47.0 Å². The Kier molecular flexibility index (Phi) is 49.0. The lowest BCUT2D eigenvalue weighted by atomic mass is 9.96. The Morgan fingerprint density at radius 3 is 0.975 bits per heavy atom. The maximum absolute atomic E-state index is 13.1. The SMILES string of the molecule is CCCCCCCCCCCCOC(=O)CCN(CCCOC1OC(CC)C(OC(C)=O)C(OC(C)=O)C1OC(C)=O)CCCN(CCC(=O)OCCCCCCCCCCCC)CCC(=O)OCCCCCCCCCCCC. The van der Waals surface area contributed by atoms with E-state index in [0.717, 1.165) is 57.8 Å². The number of unbranched alkanes of at least 4 members (excludes halogenated alkanes) is 27. The van der Waals surface area contributed by atoms with Crippen molar-refractivity contribution < 1.29 is 66.7 Å². The molecule has 0 radical (unpaired) electrons. The van der Waals surface area contributed by atoms with Crippen LogP contribution in [0.5, 0.6) is 0 Å². The summed E-state index contributed by atoms with van der Waals surface area (Å²) in [6, 6.07) is 0. The van der Waals surface area contributed by atoms with Crippen LogP contribution in [0.2, 0.25) is 0 Å². The van der Waals surface area contributed by atoms with Crippen LogP contribution in [0.1, 0.15) is 280 Å². The standard InChI is InChI=1S/C64H118N2O14/c1-8-12-15-18-21-24-27-30-33-36-50-73-58(70)41-47-65(46-40-53-76-64-63(79-56(7)69)62(78-55(6)68)61(77-54(5)67)57(11-4)80-64)44-39-45-66(48-42-59(71)74-51-37-34-31-28-25-22-19-16-13-9-2)49-43-60(72)75-52-38-35-32-29-26-23-20-17-14-10-3/h57,61-64H,8-53H2,1-7H3. The number of esters is 6. The first-order valence-electron chi connectivity index (χ1n) is 32.5. The highest BCUT2D eigenvalue weighted by Gasteiger charge is 2.51. The van der Waals surface area contributed by atoms with E-state index in [1.165, 1.54) is 156 Å². The summed E-state index contributed by atoms with van der Waals surface area (Å²) in [5.74, 6) is -2.62. The number of hydrogen-bond acceptors (Lipinski definition) is 16. The molecule has 16 heteroatoms. The predicted molar refractivity (Wildman–Crippen MR) is 316 cm³/mol. The van der Waals surface area contributed by atoms with Gasteiger partial charge in [0.05, 0.1) is 45.7 Å². The van der Waals surface area contributed by atoms with E-state index in [9.17, 15) is 28.8 Å². The van der Waals surface area contributed by atoms with E-state index in [-0.39, 0.29) is 43.8 Å². The molecular weight excluding hydrogens is 1020 g/mol. The summed E-state index contributed by atoms with van der Waals surface area (Å²) in [7, 11) is 0. The molecule has 5 unspecified atom stereocenters. The summed E-state index contributed by atoms with van der Waals surface area (Å²) in [5, 5.41) is 0. The zero-order valence-corrected chi connectivity index (χ0v) is 52.0. The molecule has 1 saturated heterocycles. The number of carbonyl (C=O) groups excluding carboxylic acids is 6. The van der Waals surface area contributed by atoms with Crippen molar-refractivity contribution in [2.45, 2.75) is 310 Å². The average molecular weight is 1140 g/mol. The van der Waals surface area contributed by atoms with Crippen LogP contribution in [0.15, 0.2) is 0 Å². The van der Waals surface area contributed by atoms with Crippen LogP contribution in [-0.2, 0) is 66.7 Å². The molecule has 0 aromatic rings. The third kappa shape index (κ3) is 42.5. The highest BCUT2D eigenvalue weighted by molar-refractivity contribution is 5.71. The molecule has 0 bridgehead atoms. The first-order chi connectivity index (χ1) is 38.8. The van der Waals surface area contributed by atoms with Crippen molar-refractivity contribution in [2.24, 2.45) is 0 Å². The van der Waals surface area contributed by atoms with Gasteiger partial charge in [-0.25, -0.2) is 0 Å². The minimum Gasteiger partial charge on any atom is -0.466 e. The molecule has 16 nitrogen and oxygen atoms in total. The third-order valence-corrected chi connectivity index (χ3v) is 14.9. The van der Waals surface area contributed by atoms with E-state index in [4.69, 9.17) is 37.9 Å². The van der Waals surface area contributed by atoms with Crippen LogP contribution in [0, 0.1) is 0 Å². The van der Waals surface area contributed by atoms with Crippen LogP contribution in [0.25, 0.3) is 0 Å². The summed E-state index contributed by atoms with van der Waals surface area (Å²) in [5.41, 5.74) is 0. The number of ether oxygens (including phenoxy) is 8. The van der Waals surface area contributed by atoms with E-state index in [1.807, 2.05) is 6.92 Å². The van der Waals surface area contributed by atoms with Gasteiger partial charge in [0.15, 0.2) is 24.6 Å². The van der Waals surface area contributed by atoms with E-state index >= 15 is 0 Å². The van der Waals surface area contributed by atoms with Gasteiger partial charge in [0.25, 0.3) is 0 Å². The number of rotatable bonds is 55. The van der Waals surface area contributed by atoms with Gasteiger partial charge in [0.1, 0.15) is 6.10 Å². The van der Waals surface area contributed by atoms with Gasteiger partial charge in [-0.1, -0.05) is 201 Å². The smallest absolute Gasteiger partial charge is 0.307 e. The fourth-order valence-corrected chi connectivity index (χ4v) is 10.3. The highest BCUT2D eigenvalue weighted by atomic mass is 16.7. The Morgan fingerprint density at radius 1 is 0.338 bits per heavy atom. The molecular formula is C64H118N2O14. The van der Waals surface area contributed by atoms with Crippen LogP contribution in [0.3, 0.4) is 0 Å². The van der Waals surface area contributed by atoms with Crippen molar-refractivity contribution in [1.29, 1.82) is 0 Å². The van der Waals surface area contributed by atoms with Crippen LogP contribution in [-0.4, -0.2) is 142 Å². The van der Waals surface area contributed by atoms with E-state index < -0.39 is 48.6 Å². The van der Waals surface area contributed by atoms with E-state index in [1.54, 1.807) is 0 Å². The van der Waals surface area contributed by atoms with Crippen molar-refractivity contribution in [1.82, 2.24) is 9.80 Å². The van der Waals surface area contributed by atoms with Gasteiger partial charge in [0.2, 0.25) is 0 Å². The molecule has 1 aliphatic rings. The fourth-order valence-electron chi connectivity index (χ4n) is 10.3. The second-order valence-electron chi connectivity index (χ2n) is 22.4. The topological polar surface area (TPSA) is 183 Å². The summed E-state index contributed by atoms with van der Waals surface area (Å²) in [4.78, 5) is 80.2. The molecule has 0 aromatic heterocycles. The molecule has 1 aliphatic heterocycles. The van der Waals surface area contributed by atoms with Crippen LogP contribution < -0.4 is 0 Å². The lowest BCUT2D eigenvalue weighted by Crippen LogP contribution is -2.61. The monoisotopic (exact) mass is 1140 g/mol. The van der Waals surface area contributed by atoms with Crippen LogP contribution in [0.4, 0.5) is 0 Å². The highest BCUT2D eigenvalue weighted by Crippen LogP contribution is 2.31. The number of nitrogens with zero attached hydrogens (tertiary/aromatic N) is 2. The van der Waals surface area contributed by atoms with Crippen molar-refractivity contribution in [3.63, 3.8) is 0 Å². The van der Waals surface area contributed by atoms with Crippen molar-refractivity contribution in [3.05, 3.63) is 0 Å². The summed E-state index contributed by atoms with van der Waals surface area (Å²) >= 11 is 0. The normalized spacial score (nSPS) is 17.1. The van der Waals surface area contributed by atoms with Gasteiger partial charge >= 0.3 is 35.8 Å². The Morgan fingerprint density at radius 2 is 0.637 bits per heavy atom. The summed E-state index contributed by atoms with van der Waals surface area (Å²) in [6.45, 7) is 16.7. The largest absolute Gasteiger partial charge is 0.466 e. The Balaban J connectivity index is 2.99. The maximum atomic E-state index is 13.1. The lowest BCUT2D eigenvalue weighted by Gasteiger charge is -2.44. The Labute approximate surface area is 486 Å². The minimum absolute atomic E-state index is 0.165. The number of hydrogen-bond donors (Lipinski definition) is 0. The Hall–Kier alpha value is -3.34. The molecule has 1 fully saturated rings. The molecule has 0 amide bonds. The van der Waals surface area contributed by atoms with Crippen molar-refractivity contribution >= 4 is 35.8 Å². The fraction of sp³-hybridized carbons (Fsp3) is 0.906. The van der Waals surface area contributed by atoms with Gasteiger partial charge < -0.3 is 47.7 Å². The first-order valence-corrected chi connectivity index (χ1v) is 32.5. The lowest BCUT2D eigenvalue weighted by molar-refractivity contribution is -0.304. The molecule has 0 aliphatic carbocycles. The maximum Gasteiger partial charge on any atom is 0.307 e.